The number of allylic oxidation sites excluding steroid dienone is 1. The standard InChI is InChI=1S/C16H24BrNO5S/c1-6-7-16(23-5)13(20)18-11(12(19)15(2,3)4)10(8-17)9-24(21,22)14(16)18/h14H,6-9H2,1-5H3/t14-,16-/m1/s1. The second-order valence-electron chi connectivity index (χ2n) is 7.34. The van der Waals surface area contributed by atoms with Crippen molar-refractivity contribution in [2.75, 3.05) is 18.2 Å². The Morgan fingerprint density at radius 1 is 1.42 bits per heavy atom. The van der Waals surface area contributed by atoms with Gasteiger partial charge in [-0.15, -0.1) is 0 Å². The molecule has 0 radical (unpaired) electrons. The Labute approximate surface area is 151 Å². The molecule has 2 rings (SSSR count). The van der Waals surface area contributed by atoms with Gasteiger partial charge in [-0.05, 0) is 12.0 Å². The van der Waals surface area contributed by atoms with Crippen LogP contribution in [0.4, 0.5) is 0 Å². The molecular weight excluding hydrogens is 398 g/mol. The maximum absolute atomic E-state index is 12.9. The Morgan fingerprint density at radius 3 is 2.42 bits per heavy atom. The van der Waals surface area contributed by atoms with Gasteiger partial charge in [-0.3, -0.25) is 14.5 Å². The number of rotatable bonds is 5. The zero-order valence-corrected chi connectivity index (χ0v) is 17.1. The molecular formula is C16H24BrNO5S. The van der Waals surface area contributed by atoms with Crippen LogP contribution in [0.3, 0.4) is 0 Å². The van der Waals surface area contributed by atoms with Gasteiger partial charge in [-0.2, -0.15) is 0 Å². The first-order valence-electron chi connectivity index (χ1n) is 7.91. The summed E-state index contributed by atoms with van der Waals surface area (Å²) < 4.78 is 31.0. The minimum Gasteiger partial charge on any atom is -0.365 e. The smallest absolute Gasteiger partial charge is 0.263 e. The first-order valence-corrected chi connectivity index (χ1v) is 10.7. The van der Waals surface area contributed by atoms with E-state index in [2.05, 4.69) is 15.9 Å². The molecule has 8 heteroatoms. The summed E-state index contributed by atoms with van der Waals surface area (Å²) in [6.45, 7) is 7.14. The largest absolute Gasteiger partial charge is 0.365 e. The van der Waals surface area contributed by atoms with Gasteiger partial charge in [0, 0.05) is 17.9 Å². The van der Waals surface area contributed by atoms with Gasteiger partial charge in [-0.1, -0.05) is 50.0 Å². The molecule has 0 aromatic carbocycles. The Kier molecular flexibility index (Phi) is 5.07. The number of hydrogen-bond acceptors (Lipinski definition) is 5. The van der Waals surface area contributed by atoms with E-state index in [1.165, 1.54) is 7.11 Å². The van der Waals surface area contributed by atoms with Crippen molar-refractivity contribution in [3.8, 4) is 0 Å². The lowest BCUT2D eigenvalue weighted by atomic mass is 9.81. The third kappa shape index (κ3) is 2.66. The van der Waals surface area contributed by atoms with E-state index in [0.29, 0.717) is 18.4 Å². The lowest BCUT2D eigenvalue weighted by Crippen LogP contribution is -2.78. The van der Waals surface area contributed by atoms with Crippen molar-refractivity contribution < 1.29 is 22.7 Å². The molecule has 24 heavy (non-hydrogen) atoms. The summed E-state index contributed by atoms with van der Waals surface area (Å²) in [6, 6.07) is 0. The summed E-state index contributed by atoms with van der Waals surface area (Å²) in [5, 5.41) is -0.889. The predicted octanol–water partition coefficient (Wildman–Crippen LogP) is 2.03. The van der Waals surface area contributed by atoms with E-state index in [9.17, 15) is 18.0 Å². The molecule has 0 aliphatic carbocycles. The van der Waals surface area contributed by atoms with Crippen molar-refractivity contribution in [3.63, 3.8) is 0 Å². The molecule has 2 aliphatic rings. The van der Waals surface area contributed by atoms with Crippen LogP contribution in [0, 0.1) is 5.41 Å². The number of fused-ring (bicyclic) bond motifs is 1. The van der Waals surface area contributed by atoms with Crippen LogP contribution in [0.15, 0.2) is 11.3 Å². The van der Waals surface area contributed by atoms with E-state index in [0.717, 1.165) is 4.90 Å². The molecule has 1 fully saturated rings. The first-order chi connectivity index (χ1) is 11.0. The molecule has 2 atom stereocenters. The highest BCUT2D eigenvalue weighted by molar-refractivity contribution is 9.09. The van der Waals surface area contributed by atoms with Crippen molar-refractivity contribution in [1.29, 1.82) is 0 Å². The molecule has 0 spiro atoms. The summed E-state index contributed by atoms with van der Waals surface area (Å²) in [6.07, 6.45) is 0.917. The molecule has 1 amide bonds. The maximum Gasteiger partial charge on any atom is 0.263 e. The van der Waals surface area contributed by atoms with Crippen LogP contribution in [-0.2, 0) is 24.2 Å². The zero-order valence-electron chi connectivity index (χ0n) is 14.7. The van der Waals surface area contributed by atoms with Gasteiger partial charge in [0.05, 0.1) is 11.4 Å². The van der Waals surface area contributed by atoms with Crippen molar-refractivity contribution >= 4 is 37.5 Å². The van der Waals surface area contributed by atoms with E-state index >= 15 is 0 Å². The van der Waals surface area contributed by atoms with Gasteiger partial charge in [0.15, 0.2) is 26.6 Å². The number of nitrogens with zero attached hydrogens (tertiary/aromatic N) is 1. The highest BCUT2D eigenvalue weighted by Gasteiger charge is 2.69. The van der Waals surface area contributed by atoms with Gasteiger partial charge in [0.25, 0.3) is 5.91 Å². The van der Waals surface area contributed by atoms with Gasteiger partial charge < -0.3 is 4.74 Å². The van der Waals surface area contributed by atoms with Crippen LogP contribution in [0.1, 0.15) is 40.5 Å². The van der Waals surface area contributed by atoms with E-state index in [1.807, 2.05) is 6.92 Å². The molecule has 0 aromatic rings. The topological polar surface area (TPSA) is 80.8 Å². The Morgan fingerprint density at radius 2 is 2.00 bits per heavy atom. The number of β-lactam (4-membered cyclic amide) rings is 1. The fraction of sp³-hybridized carbons (Fsp3) is 0.750. The Bertz CT molecular complexity index is 706. The lowest BCUT2D eigenvalue weighted by Gasteiger charge is -2.56. The molecule has 6 nitrogen and oxygen atoms in total. The molecule has 0 aromatic heterocycles. The monoisotopic (exact) mass is 421 g/mol. The summed E-state index contributed by atoms with van der Waals surface area (Å²) >= 11 is 3.26. The Balaban J connectivity index is 2.65. The summed E-state index contributed by atoms with van der Waals surface area (Å²) in [7, 11) is -2.28. The average Bonchev–Trinajstić information content (AvgIpc) is 2.49. The Hall–Kier alpha value is -0.730. The van der Waals surface area contributed by atoms with Crippen LogP contribution < -0.4 is 0 Å². The van der Waals surface area contributed by atoms with E-state index in [1.54, 1.807) is 20.8 Å². The van der Waals surface area contributed by atoms with Crippen molar-refractivity contribution in [2.24, 2.45) is 5.41 Å². The molecule has 0 saturated carbocycles. The molecule has 2 aliphatic heterocycles. The number of hydrogen-bond donors (Lipinski definition) is 0. The van der Waals surface area contributed by atoms with E-state index < -0.39 is 32.1 Å². The van der Waals surface area contributed by atoms with Crippen LogP contribution in [0.5, 0.6) is 0 Å². The summed E-state index contributed by atoms with van der Waals surface area (Å²) in [5.41, 5.74) is -1.45. The van der Waals surface area contributed by atoms with E-state index in [-0.39, 0.29) is 22.6 Å². The van der Waals surface area contributed by atoms with Crippen LogP contribution in [0.2, 0.25) is 0 Å². The lowest BCUT2D eigenvalue weighted by molar-refractivity contribution is -0.185. The van der Waals surface area contributed by atoms with E-state index in [4.69, 9.17) is 4.74 Å². The fourth-order valence-corrected chi connectivity index (χ4v) is 6.43. The molecule has 0 bridgehead atoms. The van der Waals surface area contributed by atoms with Crippen molar-refractivity contribution in [1.82, 2.24) is 4.90 Å². The highest BCUT2D eigenvalue weighted by Crippen LogP contribution is 2.48. The number of halogens is 1. The summed E-state index contributed by atoms with van der Waals surface area (Å²) in [5.74, 6) is -0.906. The quantitative estimate of drug-likeness (QED) is 0.500. The third-order valence-corrected chi connectivity index (χ3v) is 7.25. The minimum absolute atomic E-state index is 0.216. The number of methoxy groups -OCH3 is 1. The van der Waals surface area contributed by atoms with Crippen LogP contribution >= 0.6 is 15.9 Å². The van der Waals surface area contributed by atoms with Gasteiger partial charge in [-0.25, -0.2) is 8.42 Å². The number of Topliss-reactive ketones (excluding diaryl/α,β-unsaturated/α-hetero) is 1. The number of sulfone groups is 1. The third-order valence-electron chi connectivity index (χ3n) is 4.55. The zero-order chi connectivity index (χ0) is 18.5. The van der Waals surface area contributed by atoms with Crippen molar-refractivity contribution in [3.05, 3.63) is 11.3 Å². The van der Waals surface area contributed by atoms with Gasteiger partial charge >= 0.3 is 0 Å². The number of amides is 1. The fourth-order valence-electron chi connectivity index (χ4n) is 3.41. The van der Waals surface area contributed by atoms with Crippen LogP contribution in [-0.4, -0.2) is 54.2 Å². The highest BCUT2D eigenvalue weighted by atomic mass is 79.9. The average molecular weight is 422 g/mol. The predicted molar refractivity (Wildman–Crippen MR) is 94.4 cm³/mol. The molecule has 136 valence electrons. The van der Waals surface area contributed by atoms with Crippen molar-refractivity contribution in [2.45, 2.75) is 51.5 Å². The normalized spacial score (nSPS) is 29.3. The van der Waals surface area contributed by atoms with Crippen LogP contribution in [0.25, 0.3) is 0 Å². The summed E-state index contributed by atoms with van der Waals surface area (Å²) in [4.78, 5) is 26.9. The van der Waals surface area contributed by atoms with Gasteiger partial charge in [0.2, 0.25) is 0 Å². The molecule has 1 saturated heterocycles. The number of carbonyl (C=O) groups is 2. The number of alkyl halides is 1. The number of ether oxygens (including phenoxy) is 1. The van der Waals surface area contributed by atoms with Gasteiger partial charge in [0.1, 0.15) is 0 Å². The molecule has 0 unspecified atom stereocenters. The number of carbonyl (C=O) groups excluding carboxylic acids is 2. The first kappa shape index (κ1) is 19.6. The number of ketones is 1. The second-order valence-corrected chi connectivity index (χ2v) is 9.96. The minimum atomic E-state index is -3.63. The second kappa shape index (κ2) is 6.21. The molecule has 0 N–H and O–H groups in total. The maximum atomic E-state index is 12.9. The SMILES string of the molecule is CCC[C@@]1(OC)C(=O)N2C(C(=O)C(C)(C)C)=C(CBr)CS(=O)(=O)[C@@H]21. The molecule has 2 heterocycles.